The predicted molar refractivity (Wildman–Crippen MR) is 174 cm³/mol. The molecule has 6 saturated carbocycles. The molecule has 0 N–H and O–H groups in total. The molecule has 0 aromatic carbocycles. The molecule has 0 saturated heterocycles. The zero-order chi connectivity index (χ0) is 25.1. The van der Waals surface area contributed by atoms with Gasteiger partial charge in [0, 0.05) is 21.0 Å². The minimum atomic E-state index is 0.523. The minimum absolute atomic E-state index is 0.523. The van der Waals surface area contributed by atoms with Gasteiger partial charge in [0.15, 0.2) is 0 Å². The fourth-order valence-corrected chi connectivity index (χ4v) is 23.0. The zero-order valence-electron chi connectivity index (χ0n) is 21.0. The maximum absolute atomic E-state index is 5.37. The number of fused-ring (bicyclic) bond motifs is 4. The molecule has 10 heteroatoms. The van der Waals surface area contributed by atoms with Gasteiger partial charge in [0.1, 0.15) is 6.28 Å². The smallest absolute Gasteiger partial charge is 0.112 e. The van der Waals surface area contributed by atoms with Crippen molar-refractivity contribution in [2.45, 2.75) is 92.6 Å². The van der Waals surface area contributed by atoms with Gasteiger partial charge in [-0.2, -0.15) is 0 Å². The molecule has 0 radical (unpaired) electrons. The maximum Gasteiger partial charge on any atom is 0.145 e. The molecule has 4 heterocycles. The molecule has 0 nitrogen and oxygen atoms in total. The third-order valence-corrected chi connectivity index (χ3v) is 23.5. The van der Waals surface area contributed by atoms with Crippen LogP contribution in [0.25, 0.3) is 0 Å². The van der Waals surface area contributed by atoms with Crippen molar-refractivity contribution >= 4 is 117 Å². The van der Waals surface area contributed by atoms with Crippen LogP contribution in [-0.4, -0.2) is 21.0 Å². The van der Waals surface area contributed by atoms with Gasteiger partial charge in [-0.25, -0.2) is 0 Å². The molecule has 2 aromatic rings. The van der Waals surface area contributed by atoms with Gasteiger partial charge in [-0.1, -0.05) is 52.1 Å². The molecule has 2 aromatic heterocycles. The molecular formula is C26H32S10. The summed E-state index contributed by atoms with van der Waals surface area (Å²) in [6, 6.07) is 0. The van der Waals surface area contributed by atoms with Crippen LogP contribution in [0.3, 0.4) is 0 Å². The SMILES string of the molecule is CC1(C)[C@H]2CC[C@@]3(CSc4sc(=S)sc4S3)[C@@H]1C2.CC1(C)[C@H]2CC[C@@]3(CSc4sc(=S)sc4S3)[C@@H]1C2. The van der Waals surface area contributed by atoms with Gasteiger partial charge in [-0.15, -0.1) is 92.4 Å². The molecule has 0 amide bonds. The minimum Gasteiger partial charge on any atom is -0.112 e. The van der Waals surface area contributed by atoms with Crippen LogP contribution in [0.2, 0.25) is 0 Å². The average molecular weight is 665 g/mol. The van der Waals surface area contributed by atoms with Gasteiger partial charge in [-0.3, -0.25) is 0 Å². The predicted octanol–water partition coefficient (Wildman–Crippen LogP) is 11.9. The average Bonchev–Trinajstić information content (AvgIpc) is 3.38. The second kappa shape index (κ2) is 9.22. The lowest BCUT2D eigenvalue weighted by Crippen LogP contribution is -2.61. The molecule has 6 fully saturated rings. The number of thioether (sulfide) groups is 4. The van der Waals surface area contributed by atoms with Gasteiger partial charge in [0.25, 0.3) is 0 Å². The molecule has 0 unspecified atom stereocenters. The quantitative estimate of drug-likeness (QED) is 0.255. The molecule has 6 atom stereocenters. The van der Waals surface area contributed by atoms with E-state index in [1.165, 1.54) is 66.9 Å². The fraction of sp³-hybridized carbons (Fsp3) is 0.769. The van der Waals surface area contributed by atoms with E-state index in [1.54, 1.807) is 0 Å². The van der Waals surface area contributed by atoms with Crippen molar-refractivity contribution in [1.82, 2.24) is 0 Å². The van der Waals surface area contributed by atoms with Crippen LogP contribution in [-0.2, 0) is 0 Å². The Morgan fingerprint density at radius 3 is 1.36 bits per heavy atom. The Labute approximate surface area is 259 Å². The highest BCUT2D eigenvalue weighted by atomic mass is 32.2. The van der Waals surface area contributed by atoms with Crippen molar-refractivity contribution in [3.63, 3.8) is 0 Å². The summed E-state index contributed by atoms with van der Waals surface area (Å²) in [5, 5.41) is 0. The molecule has 2 spiro atoms. The van der Waals surface area contributed by atoms with E-state index in [2.05, 4.69) is 74.7 Å². The van der Waals surface area contributed by atoms with Crippen LogP contribution >= 0.6 is 117 Å². The third-order valence-electron chi connectivity index (χ3n) is 10.6. The highest BCUT2D eigenvalue weighted by Crippen LogP contribution is 2.71. The van der Waals surface area contributed by atoms with Crippen LogP contribution in [0.5, 0.6) is 0 Å². The molecule has 8 aliphatic rings. The Bertz CT molecular complexity index is 1200. The molecule has 196 valence electrons. The van der Waals surface area contributed by atoms with Gasteiger partial charge >= 0.3 is 0 Å². The molecule has 10 rings (SSSR count). The second-order valence-electron chi connectivity index (χ2n) is 12.7. The van der Waals surface area contributed by atoms with E-state index in [4.69, 9.17) is 24.4 Å². The lowest BCUT2D eigenvalue weighted by Gasteiger charge is -2.65. The van der Waals surface area contributed by atoms with Crippen molar-refractivity contribution in [2.24, 2.45) is 34.5 Å². The highest BCUT2D eigenvalue weighted by molar-refractivity contribution is 8.09. The van der Waals surface area contributed by atoms with Crippen LogP contribution in [0.15, 0.2) is 16.8 Å². The maximum atomic E-state index is 5.37. The normalized spacial score (nSPS) is 40.3. The Morgan fingerprint density at radius 1 is 0.611 bits per heavy atom. The van der Waals surface area contributed by atoms with Crippen LogP contribution in [0, 0.1) is 40.8 Å². The largest absolute Gasteiger partial charge is 0.145 e. The van der Waals surface area contributed by atoms with Crippen molar-refractivity contribution < 1.29 is 0 Å². The highest BCUT2D eigenvalue weighted by Gasteiger charge is 2.63. The van der Waals surface area contributed by atoms with E-state index in [0.29, 0.717) is 20.3 Å². The molecular weight excluding hydrogens is 633 g/mol. The Balaban J connectivity index is 0.000000122. The van der Waals surface area contributed by atoms with Gasteiger partial charge in [-0.05, 0) is 73.0 Å². The zero-order valence-corrected chi connectivity index (χ0v) is 29.2. The summed E-state index contributed by atoms with van der Waals surface area (Å²) >= 11 is 26.6. The Kier molecular flexibility index (Phi) is 6.87. The molecule has 6 aliphatic carbocycles. The number of hydrogen-bond donors (Lipinski definition) is 0. The van der Waals surface area contributed by atoms with E-state index in [1.807, 2.05) is 45.3 Å². The molecule has 36 heavy (non-hydrogen) atoms. The summed E-state index contributed by atoms with van der Waals surface area (Å²) in [6.45, 7) is 10.0. The molecule has 2 aliphatic heterocycles. The van der Waals surface area contributed by atoms with Crippen molar-refractivity contribution in [3.8, 4) is 0 Å². The van der Waals surface area contributed by atoms with E-state index < -0.39 is 0 Å². The standard InChI is InChI=1S/2C13H16S5/c2*1-12(2)7-3-4-13(8(12)5-7)6-15-9-10(18-13)17-11(14)16-9/h2*7-8H,3-6H2,1-2H3/t2*7-,8+,13+/m00/s1. The first-order valence-electron chi connectivity index (χ1n) is 12.9. The monoisotopic (exact) mass is 664 g/mol. The topological polar surface area (TPSA) is 0 Å². The van der Waals surface area contributed by atoms with E-state index in [9.17, 15) is 0 Å². The van der Waals surface area contributed by atoms with Crippen molar-refractivity contribution in [3.05, 3.63) is 6.28 Å². The second-order valence-corrected chi connectivity index (χ2v) is 25.0. The summed E-state index contributed by atoms with van der Waals surface area (Å²) in [6.07, 6.45) is 8.71. The lowest BCUT2D eigenvalue weighted by molar-refractivity contribution is -0.0840. The third kappa shape index (κ3) is 4.06. The van der Waals surface area contributed by atoms with Crippen LogP contribution < -0.4 is 0 Å². The Hall–Kier alpha value is 1.94. The van der Waals surface area contributed by atoms with Crippen LogP contribution in [0.4, 0.5) is 0 Å². The number of rotatable bonds is 0. The van der Waals surface area contributed by atoms with E-state index in [-0.39, 0.29) is 0 Å². The van der Waals surface area contributed by atoms with Gasteiger partial charge < -0.3 is 0 Å². The number of hydrogen-bond acceptors (Lipinski definition) is 10. The van der Waals surface area contributed by atoms with Crippen molar-refractivity contribution in [2.75, 3.05) is 11.5 Å². The lowest BCUT2D eigenvalue weighted by atomic mass is 9.45. The first kappa shape index (κ1) is 26.8. The summed E-state index contributed by atoms with van der Waals surface area (Å²) in [7, 11) is 0. The van der Waals surface area contributed by atoms with Crippen LogP contribution in [0.1, 0.15) is 66.2 Å². The van der Waals surface area contributed by atoms with E-state index >= 15 is 0 Å². The first-order valence-corrected chi connectivity index (χ1v) is 20.6. The van der Waals surface area contributed by atoms with Gasteiger partial charge in [0.05, 0.1) is 16.8 Å². The van der Waals surface area contributed by atoms with Crippen molar-refractivity contribution in [1.29, 1.82) is 0 Å². The summed E-state index contributed by atoms with van der Waals surface area (Å²) in [5.74, 6) is 6.48. The Morgan fingerprint density at radius 2 is 1.00 bits per heavy atom. The van der Waals surface area contributed by atoms with E-state index in [0.717, 1.165) is 29.9 Å². The fourth-order valence-electron chi connectivity index (χ4n) is 8.19. The summed E-state index contributed by atoms with van der Waals surface area (Å²) in [4.78, 5) is 0. The summed E-state index contributed by atoms with van der Waals surface area (Å²) in [5.41, 5.74) is 1.17. The summed E-state index contributed by atoms with van der Waals surface area (Å²) < 4.78 is 9.33. The molecule has 4 bridgehead atoms. The first-order chi connectivity index (χ1) is 17.0. The van der Waals surface area contributed by atoms with Gasteiger partial charge in [0.2, 0.25) is 0 Å².